The summed E-state index contributed by atoms with van der Waals surface area (Å²) in [4.78, 5) is 22.8. The fraction of sp³-hybridized carbons (Fsp3) is 0.467. The van der Waals surface area contributed by atoms with Gasteiger partial charge in [-0.05, 0) is 36.1 Å². The summed E-state index contributed by atoms with van der Waals surface area (Å²) in [5, 5.41) is 5.16. The average molecular weight is 313 g/mol. The zero-order valence-electron chi connectivity index (χ0n) is 12.5. The molecule has 0 aliphatic carbocycles. The van der Waals surface area contributed by atoms with Gasteiger partial charge >= 0.3 is 6.09 Å². The van der Waals surface area contributed by atoms with Crippen LogP contribution in [0.15, 0.2) is 18.2 Å². The number of ether oxygens (including phenoxy) is 1. The molecule has 1 aromatic rings. The second-order valence-corrected chi connectivity index (χ2v) is 5.03. The summed E-state index contributed by atoms with van der Waals surface area (Å²) in [7, 11) is 1.50. The Kier molecular flexibility index (Phi) is 7.02. The first kappa shape index (κ1) is 17.3. The Morgan fingerprint density at radius 2 is 2.10 bits per heavy atom. The van der Waals surface area contributed by atoms with Crippen molar-refractivity contribution < 1.29 is 14.3 Å². The molecule has 0 saturated heterocycles. The molecule has 0 heterocycles. The Hall–Kier alpha value is -1.75. The molecule has 0 aliphatic heterocycles. The van der Waals surface area contributed by atoms with Crippen LogP contribution in [0.25, 0.3) is 0 Å². The summed E-state index contributed by atoms with van der Waals surface area (Å²) in [5.74, 6) is 0.310. The molecule has 0 bridgehead atoms. The van der Waals surface area contributed by atoms with Gasteiger partial charge in [0, 0.05) is 12.7 Å². The largest absolute Gasteiger partial charge is 0.412 e. The lowest BCUT2D eigenvalue weighted by molar-refractivity contribution is -0.113. The second kappa shape index (κ2) is 8.52. The highest BCUT2D eigenvalue weighted by atomic mass is 35.5. The number of halogens is 1. The average Bonchev–Trinajstić information content (AvgIpc) is 2.48. The first-order chi connectivity index (χ1) is 10.0. The van der Waals surface area contributed by atoms with E-state index in [1.807, 2.05) is 0 Å². The van der Waals surface area contributed by atoms with Crippen molar-refractivity contribution in [2.24, 2.45) is 0 Å². The first-order valence-electron chi connectivity index (χ1n) is 6.91. The Labute approximate surface area is 130 Å². The van der Waals surface area contributed by atoms with Crippen LogP contribution in [-0.4, -0.2) is 24.9 Å². The van der Waals surface area contributed by atoms with Crippen LogP contribution in [0.1, 0.15) is 38.2 Å². The minimum Gasteiger partial charge on any atom is -0.410 e. The van der Waals surface area contributed by atoms with Crippen molar-refractivity contribution in [3.8, 4) is 5.75 Å². The molecule has 0 spiro atoms. The van der Waals surface area contributed by atoms with E-state index >= 15 is 0 Å². The van der Waals surface area contributed by atoms with Crippen LogP contribution < -0.4 is 15.4 Å². The van der Waals surface area contributed by atoms with Crippen LogP contribution in [0.5, 0.6) is 5.75 Å². The zero-order valence-corrected chi connectivity index (χ0v) is 13.3. The van der Waals surface area contributed by atoms with E-state index < -0.39 is 6.09 Å². The number of amides is 2. The van der Waals surface area contributed by atoms with Gasteiger partial charge in [0.05, 0.1) is 0 Å². The van der Waals surface area contributed by atoms with Crippen LogP contribution >= 0.6 is 11.6 Å². The third kappa shape index (κ3) is 5.27. The Balaban J connectivity index is 3.06. The van der Waals surface area contributed by atoms with Gasteiger partial charge in [0.25, 0.3) is 0 Å². The van der Waals surface area contributed by atoms with Crippen molar-refractivity contribution in [2.75, 3.05) is 18.2 Å². The molecular weight excluding hydrogens is 292 g/mol. The summed E-state index contributed by atoms with van der Waals surface area (Å²) < 4.78 is 5.13. The van der Waals surface area contributed by atoms with Gasteiger partial charge in [-0.15, -0.1) is 11.6 Å². The van der Waals surface area contributed by atoms with Gasteiger partial charge in [0.2, 0.25) is 5.91 Å². The standard InChI is InChI=1S/C15H21ClN2O3/c1-4-5-10(2)12-8-11(21-15(20)17-3)6-7-13(12)18-14(19)9-16/h6-8,10H,4-5,9H2,1-3H3,(H,17,20)(H,18,19). The number of hydrogen-bond acceptors (Lipinski definition) is 3. The van der Waals surface area contributed by atoms with Crippen LogP contribution in [0.3, 0.4) is 0 Å². The van der Waals surface area contributed by atoms with Gasteiger partial charge < -0.3 is 15.4 Å². The molecule has 0 radical (unpaired) electrons. The minimum atomic E-state index is -0.526. The van der Waals surface area contributed by atoms with Crippen molar-refractivity contribution in [1.82, 2.24) is 5.32 Å². The summed E-state index contributed by atoms with van der Waals surface area (Å²) in [6, 6.07) is 5.14. The molecule has 2 N–H and O–H groups in total. The van der Waals surface area contributed by atoms with Gasteiger partial charge in [0.1, 0.15) is 11.6 Å². The topological polar surface area (TPSA) is 67.4 Å². The molecule has 2 amide bonds. The number of carbonyl (C=O) groups is 2. The van der Waals surface area contributed by atoms with Gasteiger partial charge in [-0.3, -0.25) is 4.79 Å². The number of nitrogens with one attached hydrogen (secondary N) is 2. The Morgan fingerprint density at radius 3 is 2.67 bits per heavy atom. The smallest absolute Gasteiger partial charge is 0.410 e. The summed E-state index contributed by atoms with van der Waals surface area (Å²) in [6.07, 6.45) is 1.46. The third-order valence-corrected chi connectivity index (χ3v) is 3.33. The monoisotopic (exact) mass is 312 g/mol. The molecule has 5 nitrogen and oxygen atoms in total. The summed E-state index contributed by atoms with van der Waals surface area (Å²) in [5.41, 5.74) is 1.63. The van der Waals surface area contributed by atoms with Crippen molar-refractivity contribution in [2.45, 2.75) is 32.6 Å². The highest BCUT2D eigenvalue weighted by molar-refractivity contribution is 6.29. The molecule has 21 heavy (non-hydrogen) atoms. The maximum absolute atomic E-state index is 11.5. The van der Waals surface area contributed by atoms with Crippen LogP contribution in [0.4, 0.5) is 10.5 Å². The molecule has 1 rings (SSSR count). The molecule has 0 aliphatic rings. The van der Waals surface area contributed by atoms with Crippen LogP contribution in [-0.2, 0) is 4.79 Å². The molecule has 1 aromatic carbocycles. The number of alkyl halides is 1. The maximum Gasteiger partial charge on any atom is 0.412 e. The molecule has 0 saturated carbocycles. The number of rotatable bonds is 6. The molecule has 0 fully saturated rings. The number of hydrogen-bond donors (Lipinski definition) is 2. The lowest BCUT2D eigenvalue weighted by Crippen LogP contribution is -2.22. The lowest BCUT2D eigenvalue weighted by Gasteiger charge is -2.17. The van der Waals surface area contributed by atoms with Crippen LogP contribution in [0.2, 0.25) is 0 Å². The first-order valence-corrected chi connectivity index (χ1v) is 7.44. The summed E-state index contributed by atoms with van der Waals surface area (Å²) >= 11 is 5.52. The normalized spacial score (nSPS) is 11.6. The SMILES string of the molecule is CCCC(C)c1cc(OC(=O)NC)ccc1NC(=O)CCl. The van der Waals surface area contributed by atoms with E-state index in [-0.39, 0.29) is 17.7 Å². The summed E-state index contributed by atoms with van der Waals surface area (Å²) in [6.45, 7) is 4.16. The molecule has 1 atom stereocenters. The van der Waals surface area contributed by atoms with E-state index in [0.717, 1.165) is 18.4 Å². The minimum absolute atomic E-state index is 0.0991. The lowest BCUT2D eigenvalue weighted by atomic mass is 9.94. The molecule has 116 valence electrons. The van der Waals surface area contributed by atoms with Gasteiger partial charge in [0.15, 0.2) is 0 Å². The van der Waals surface area contributed by atoms with E-state index in [9.17, 15) is 9.59 Å². The van der Waals surface area contributed by atoms with E-state index in [4.69, 9.17) is 16.3 Å². The molecule has 1 unspecified atom stereocenters. The predicted molar refractivity (Wildman–Crippen MR) is 84.2 cm³/mol. The maximum atomic E-state index is 11.5. The number of benzene rings is 1. The zero-order chi connectivity index (χ0) is 15.8. The van der Waals surface area contributed by atoms with Crippen LogP contribution in [0, 0.1) is 0 Å². The fourth-order valence-electron chi connectivity index (χ4n) is 2.06. The highest BCUT2D eigenvalue weighted by Crippen LogP contribution is 2.31. The Morgan fingerprint density at radius 1 is 1.38 bits per heavy atom. The number of anilines is 1. The Bertz CT molecular complexity index is 506. The molecular formula is C15H21ClN2O3. The van der Waals surface area contributed by atoms with Crippen molar-refractivity contribution >= 4 is 29.3 Å². The fourth-order valence-corrected chi connectivity index (χ4v) is 2.12. The van der Waals surface area contributed by atoms with E-state index in [1.54, 1.807) is 18.2 Å². The number of carbonyl (C=O) groups excluding carboxylic acids is 2. The van der Waals surface area contributed by atoms with Crippen molar-refractivity contribution in [1.29, 1.82) is 0 Å². The van der Waals surface area contributed by atoms with E-state index in [1.165, 1.54) is 7.05 Å². The quantitative estimate of drug-likeness (QED) is 0.790. The third-order valence-electron chi connectivity index (χ3n) is 3.09. The predicted octanol–water partition coefficient (Wildman–Crippen LogP) is 3.49. The molecule has 6 heteroatoms. The van der Waals surface area contributed by atoms with E-state index in [2.05, 4.69) is 24.5 Å². The second-order valence-electron chi connectivity index (χ2n) is 4.76. The van der Waals surface area contributed by atoms with Gasteiger partial charge in [-0.1, -0.05) is 20.3 Å². The highest BCUT2D eigenvalue weighted by Gasteiger charge is 2.14. The molecule has 0 aromatic heterocycles. The van der Waals surface area contributed by atoms with E-state index in [0.29, 0.717) is 11.4 Å². The van der Waals surface area contributed by atoms with Gasteiger partial charge in [-0.2, -0.15) is 0 Å². The van der Waals surface area contributed by atoms with Gasteiger partial charge in [-0.25, -0.2) is 4.79 Å². The van der Waals surface area contributed by atoms with Crippen molar-refractivity contribution in [3.05, 3.63) is 23.8 Å². The van der Waals surface area contributed by atoms with Crippen molar-refractivity contribution in [3.63, 3.8) is 0 Å².